The summed E-state index contributed by atoms with van der Waals surface area (Å²) in [6, 6.07) is 17.9. The molecule has 0 unspecified atom stereocenters. The minimum Gasteiger partial charge on any atom is -0.486 e. The van der Waals surface area contributed by atoms with Crippen LogP contribution in [0.5, 0.6) is 5.75 Å². The van der Waals surface area contributed by atoms with Crippen LogP contribution in [-0.4, -0.2) is 4.92 Å². The van der Waals surface area contributed by atoms with E-state index in [0.29, 0.717) is 34.6 Å². The molecule has 0 saturated carbocycles. The van der Waals surface area contributed by atoms with Crippen molar-refractivity contribution in [3.63, 3.8) is 0 Å². The van der Waals surface area contributed by atoms with E-state index < -0.39 is 4.92 Å². The first-order valence-corrected chi connectivity index (χ1v) is 9.32. The largest absolute Gasteiger partial charge is 0.486 e. The molecule has 0 aliphatic rings. The van der Waals surface area contributed by atoms with Gasteiger partial charge in [0.25, 0.3) is 5.69 Å². The Balaban J connectivity index is 1.66. The Kier molecular flexibility index (Phi) is 6.39. The van der Waals surface area contributed by atoms with E-state index in [0.717, 1.165) is 11.1 Å². The number of hydrogen-bond donors (Lipinski definition) is 1. The summed E-state index contributed by atoms with van der Waals surface area (Å²) in [5, 5.41) is 14.8. The average molecular weight is 417 g/mol. The van der Waals surface area contributed by atoms with E-state index in [4.69, 9.17) is 27.9 Å². The van der Waals surface area contributed by atoms with Crippen LogP contribution in [0.2, 0.25) is 10.0 Å². The first-order valence-electron chi connectivity index (χ1n) is 8.57. The van der Waals surface area contributed by atoms with Gasteiger partial charge in [-0.05, 0) is 36.2 Å². The lowest BCUT2D eigenvalue weighted by atomic mass is 10.1. The summed E-state index contributed by atoms with van der Waals surface area (Å²) in [6.07, 6.45) is 0. The fourth-order valence-corrected chi connectivity index (χ4v) is 3.27. The third kappa shape index (κ3) is 5.15. The zero-order chi connectivity index (χ0) is 20.1. The lowest BCUT2D eigenvalue weighted by molar-refractivity contribution is -0.384. The average Bonchev–Trinajstić information content (AvgIpc) is 2.67. The number of ether oxygens (including phenoxy) is 1. The molecule has 28 heavy (non-hydrogen) atoms. The van der Waals surface area contributed by atoms with E-state index in [1.807, 2.05) is 31.2 Å². The molecule has 0 amide bonds. The molecule has 0 saturated heterocycles. The predicted molar refractivity (Wildman–Crippen MR) is 112 cm³/mol. The van der Waals surface area contributed by atoms with E-state index in [9.17, 15) is 10.1 Å². The van der Waals surface area contributed by atoms with Crippen molar-refractivity contribution in [3.8, 4) is 5.75 Å². The second-order valence-corrected chi connectivity index (χ2v) is 7.14. The SMILES string of the molecule is Cc1ccc(COc2c(Cl)cc(CNc3cccc([N+](=O)[O-])c3)cc2Cl)cc1. The van der Waals surface area contributed by atoms with E-state index in [1.54, 1.807) is 24.3 Å². The molecule has 0 fully saturated rings. The zero-order valence-corrected chi connectivity index (χ0v) is 16.6. The Bertz CT molecular complexity index is 968. The third-order valence-electron chi connectivity index (χ3n) is 4.12. The van der Waals surface area contributed by atoms with E-state index in [1.165, 1.54) is 17.7 Å². The van der Waals surface area contributed by atoms with Crippen molar-refractivity contribution in [2.45, 2.75) is 20.1 Å². The van der Waals surface area contributed by atoms with Crippen LogP contribution >= 0.6 is 23.2 Å². The van der Waals surface area contributed by atoms with Gasteiger partial charge in [-0.25, -0.2) is 0 Å². The Morgan fingerprint density at radius 3 is 2.32 bits per heavy atom. The molecule has 144 valence electrons. The molecule has 0 heterocycles. The van der Waals surface area contributed by atoms with Crippen LogP contribution in [0.4, 0.5) is 11.4 Å². The van der Waals surface area contributed by atoms with Crippen LogP contribution in [0.25, 0.3) is 0 Å². The number of anilines is 1. The number of hydrogen-bond acceptors (Lipinski definition) is 4. The van der Waals surface area contributed by atoms with Crippen LogP contribution < -0.4 is 10.1 Å². The quantitative estimate of drug-likeness (QED) is 0.357. The molecule has 3 aromatic rings. The molecular weight excluding hydrogens is 399 g/mol. The highest BCUT2D eigenvalue weighted by atomic mass is 35.5. The van der Waals surface area contributed by atoms with Crippen molar-refractivity contribution in [2.24, 2.45) is 0 Å². The van der Waals surface area contributed by atoms with Crippen molar-refractivity contribution < 1.29 is 9.66 Å². The number of rotatable bonds is 7. The molecule has 0 aliphatic carbocycles. The van der Waals surface area contributed by atoms with Crippen LogP contribution in [0.3, 0.4) is 0 Å². The van der Waals surface area contributed by atoms with Gasteiger partial charge in [-0.1, -0.05) is 59.1 Å². The minimum absolute atomic E-state index is 0.0286. The van der Waals surface area contributed by atoms with Gasteiger partial charge in [0.05, 0.1) is 15.0 Å². The number of nitro groups is 1. The second kappa shape index (κ2) is 8.95. The summed E-state index contributed by atoms with van der Waals surface area (Å²) in [5.74, 6) is 0.433. The van der Waals surface area contributed by atoms with E-state index in [2.05, 4.69) is 5.32 Å². The molecule has 0 aromatic heterocycles. The van der Waals surface area contributed by atoms with Crippen LogP contribution in [0.15, 0.2) is 60.7 Å². The lowest BCUT2D eigenvalue weighted by Gasteiger charge is -2.13. The Morgan fingerprint density at radius 1 is 1.00 bits per heavy atom. The Hall–Kier alpha value is -2.76. The molecule has 5 nitrogen and oxygen atoms in total. The van der Waals surface area contributed by atoms with Crippen LogP contribution in [-0.2, 0) is 13.2 Å². The molecular formula is C21H18Cl2N2O3. The molecule has 1 N–H and O–H groups in total. The molecule has 3 rings (SSSR count). The summed E-state index contributed by atoms with van der Waals surface area (Å²) in [6.45, 7) is 2.81. The smallest absolute Gasteiger partial charge is 0.271 e. The summed E-state index contributed by atoms with van der Waals surface area (Å²) in [7, 11) is 0. The lowest BCUT2D eigenvalue weighted by Crippen LogP contribution is -2.02. The zero-order valence-electron chi connectivity index (χ0n) is 15.1. The first kappa shape index (κ1) is 20.0. The fourth-order valence-electron chi connectivity index (χ4n) is 2.63. The molecule has 0 spiro atoms. The van der Waals surface area contributed by atoms with Gasteiger partial charge in [-0.15, -0.1) is 0 Å². The fraction of sp³-hybridized carbons (Fsp3) is 0.143. The molecule has 0 radical (unpaired) electrons. The van der Waals surface area contributed by atoms with Crippen molar-refractivity contribution in [2.75, 3.05) is 5.32 Å². The number of nitrogens with zero attached hydrogens (tertiary/aromatic N) is 1. The van der Waals surface area contributed by atoms with Crippen LogP contribution in [0, 0.1) is 17.0 Å². The number of benzene rings is 3. The van der Waals surface area contributed by atoms with E-state index in [-0.39, 0.29) is 5.69 Å². The normalized spacial score (nSPS) is 10.5. The summed E-state index contributed by atoms with van der Waals surface area (Å²) >= 11 is 12.7. The monoisotopic (exact) mass is 416 g/mol. The van der Waals surface area contributed by atoms with Crippen molar-refractivity contribution >= 4 is 34.6 Å². The molecule has 7 heteroatoms. The van der Waals surface area contributed by atoms with Gasteiger partial charge in [0.15, 0.2) is 5.75 Å². The van der Waals surface area contributed by atoms with Gasteiger partial charge in [0.2, 0.25) is 0 Å². The maximum atomic E-state index is 10.9. The summed E-state index contributed by atoms with van der Waals surface area (Å²) in [5.41, 5.74) is 3.71. The van der Waals surface area contributed by atoms with Gasteiger partial charge in [0, 0.05) is 24.4 Å². The number of nitro benzene ring substituents is 1. The highest BCUT2D eigenvalue weighted by Gasteiger charge is 2.11. The number of aryl methyl sites for hydroxylation is 1. The predicted octanol–water partition coefficient (Wildman–Crippen LogP) is 6.40. The minimum atomic E-state index is -0.431. The van der Waals surface area contributed by atoms with Gasteiger partial charge >= 0.3 is 0 Å². The standard InChI is InChI=1S/C21H18Cl2N2O3/c1-14-5-7-15(8-6-14)13-28-21-19(22)9-16(10-20(21)23)12-24-17-3-2-4-18(11-17)25(26)27/h2-11,24H,12-13H2,1H3. The van der Waals surface area contributed by atoms with Crippen molar-refractivity contribution in [3.05, 3.63) is 97.5 Å². The van der Waals surface area contributed by atoms with Gasteiger partial charge in [-0.3, -0.25) is 10.1 Å². The Morgan fingerprint density at radius 2 is 1.68 bits per heavy atom. The van der Waals surface area contributed by atoms with Gasteiger partial charge in [0.1, 0.15) is 6.61 Å². The maximum Gasteiger partial charge on any atom is 0.271 e. The summed E-state index contributed by atoms with van der Waals surface area (Å²) < 4.78 is 5.79. The second-order valence-electron chi connectivity index (χ2n) is 6.32. The molecule has 0 bridgehead atoms. The third-order valence-corrected chi connectivity index (χ3v) is 4.68. The summed E-state index contributed by atoms with van der Waals surface area (Å²) in [4.78, 5) is 10.4. The topological polar surface area (TPSA) is 64.4 Å². The molecule has 0 atom stereocenters. The van der Waals surface area contributed by atoms with Crippen LogP contribution in [0.1, 0.15) is 16.7 Å². The maximum absolute atomic E-state index is 10.9. The Labute approximate surface area is 173 Å². The van der Waals surface area contributed by atoms with E-state index >= 15 is 0 Å². The highest BCUT2D eigenvalue weighted by Crippen LogP contribution is 2.35. The number of non-ortho nitro benzene ring substituents is 1. The molecule has 3 aromatic carbocycles. The first-order chi connectivity index (χ1) is 13.4. The van der Waals surface area contributed by atoms with Gasteiger partial charge in [-0.2, -0.15) is 0 Å². The number of halogens is 2. The highest BCUT2D eigenvalue weighted by molar-refractivity contribution is 6.37. The number of nitrogens with one attached hydrogen (secondary N) is 1. The molecule has 0 aliphatic heterocycles. The van der Waals surface area contributed by atoms with Crippen molar-refractivity contribution in [1.82, 2.24) is 0 Å². The van der Waals surface area contributed by atoms with Gasteiger partial charge < -0.3 is 10.1 Å². The van der Waals surface area contributed by atoms with Crippen molar-refractivity contribution in [1.29, 1.82) is 0 Å².